The first-order chi connectivity index (χ1) is 15.2. The van der Waals surface area contributed by atoms with Gasteiger partial charge in [0, 0.05) is 6.54 Å². The highest BCUT2D eigenvalue weighted by Crippen LogP contribution is 2.38. The van der Waals surface area contributed by atoms with Gasteiger partial charge in [-0.3, -0.25) is 4.79 Å². The third-order valence-electron chi connectivity index (χ3n) is 5.34. The summed E-state index contributed by atoms with van der Waals surface area (Å²) < 4.78 is 26.3. The fourth-order valence-corrected chi connectivity index (χ4v) is 4.70. The zero-order valence-electron chi connectivity index (χ0n) is 16.6. The highest BCUT2D eigenvalue weighted by molar-refractivity contribution is 7.99. The average Bonchev–Trinajstić information content (AvgIpc) is 3.47. The molecule has 3 heterocycles. The van der Waals surface area contributed by atoms with E-state index in [1.807, 2.05) is 23.1 Å². The minimum atomic E-state index is -0.376. The van der Waals surface area contributed by atoms with Crippen molar-refractivity contribution in [3.05, 3.63) is 53.8 Å². The molecule has 10 heteroatoms. The van der Waals surface area contributed by atoms with Crippen LogP contribution in [0.25, 0.3) is 5.69 Å². The van der Waals surface area contributed by atoms with Crippen molar-refractivity contribution in [1.29, 1.82) is 0 Å². The van der Waals surface area contributed by atoms with E-state index in [0.29, 0.717) is 30.6 Å². The Balaban J connectivity index is 1.28. The van der Waals surface area contributed by atoms with Gasteiger partial charge in [-0.15, -0.1) is 5.10 Å². The van der Waals surface area contributed by atoms with Gasteiger partial charge in [-0.25, -0.2) is 4.39 Å². The van der Waals surface area contributed by atoms with Gasteiger partial charge in [-0.05, 0) is 59.2 Å². The van der Waals surface area contributed by atoms with Gasteiger partial charge in [0.05, 0.1) is 17.5 Å². The van der Waals surface area contributed by atoms with Crippen molar-refractivity contribution in [2.75, 3.05) is 25.5 Å². The van der Waals surface area contributed by atoms with Crippen LogP contribution >= 0.6 is 11.8 Å². The van der Waals surface area contributed by atoms with Crippen molar-refractivity contribution in [2.24, 2.45) is 0 Å². The molecule has 1 saturated heterocycles. The molecule has 2 aromatic carbocycles. The van der Waals surface area contributed by atoms with Crippen molar-refractivity contribution in [3.8, 4) is 17.2 Å². The lowest BCUT2D eigenvalue weighted by Gasteiger charge is -2.26. The first-order valence-electron chi connectivity index (χ1n) is 10.1. The molecule has 2 aliphatic rings. The van der Waals surface area contributed by atoms with E-state index in [9.17, 15) is 9.18 Å². The lowest BCUT2D eigenvalue weighted by molar-refractivity contribution is -0.129. The summed E-state index contributed by atoms with van der Waals surface area (Å²) in [6, 6.07) is 11.9. The third-order valence-corrected chi connectivity index (χ3v) is 6.25. The molecule has 0 radical (unpaired) electrons. The molecule has 0 bridgehead atoms. The first kappa shape index (κ1) is 19.8. The van der Waals surface area contributed by atoms with Gasteiger partial charge >= 0.3 is 0 Å². The smallest absolute Gasteiger partial charge is 0.233 e. The Bertz CT molecular complexity index is 1110. The summed E-state index contributed by atoms with van der Waals surface area (Å²) in [4.78, 5) is 14.9. The van der Waals surface area contributed by atoms with E-state index < -0.39 is 0 Å². The number of hydrogen-bond acceptors (Lipinski definition) is 7. The van der Waals surface area contributed by atoms with Gasteiger partial charge in [-0.2, -0.15) is 4.68 Å². The maximum atomic E-state index is 13.6. The van der Waals surface area contributed by atoms with E-state index in [0.717, 1.165) is 29.9 Å². The molecule has 5 rings (SSSR count). The number of halogens is 1. The molecule has 3 aromatic rings. The molecular formula is C21H20FN5O3S. The van der Waals surface area contributed by atoms with Crippen LogP contribution in [0, 0.1) is 5.82 Å². The van der Waals surface area contributed by atoms with Gasteiger partial charge in [-0.1, -0.05) is 23.9 Å². The van der Waals surface area contributed by atoms with Gasteiger partial charge in [0.2, 0.25) is 11.1 Å². The predicted molar refractivity (Wildman–Crippen MR) is 111 cm³/mol. The van der Waals surface area contributed by atoms with Crippen LogP contribution in [0.2, 0.25) is 0 Å². The van der Waals surface area contributed by atoms with E-state index in [-0.39, 0.29) is 23.5 Å². The lowest BCUT2D eigenvalue weighted by Crippen LogP contribution is -2.32. The number of carbonyl (C=O) groups is 1. The number of aromatic nitrogens is 4. The zero-order chi connectivity index (χ0) is 21.2. The number of amides is 1. The van der Waals surface area contributed by atoms with Crippen LogP contribution in [0.4, 0.5) is 4.39 Å². The van der Waals surface area contributed by atoms with Gasteiger partial charge in [0.25, 0.3) is 0 Å². The number of ether oxygens (including phenoxy) is 2. The van der Waals surface area contributed by atoms with E-state index in [2.05, 4.69) is 15.5 Å². The summed E-state index contributed by atoms with van der Waals surface area (Å²) in [6.45, 7) is 1.78. The van der Waals surface area contributed by atoms with E-state index in [1.54, 1.807) is 12.1 Å². The minimum absolute atomic E-state index is 0.00291. The average molecular weight is 441 g/mol. The zero-order valence-corrected chi connectivity index (χ0v) is 17.4. The largest absolute Gasteiger partial charge is 0.486 e. The van der Waals surface area contributed by atoms with Crippen LogP contribution in [-0.2, 0) is 4.79 Å². The Morgan fingerprint density at radius 3 is 2.90 bits per heavy atom. The molecular weight excluding hydrogens is 421 g/mol. The number of fused-ring (bicyclic) bond motifs is 1. The first-order valence-corrected chi connectivity index (χ1v) is 11.0. The van der Waals surface area contributed by atoms with E-state index in [4.69, 9.17) is 9.47 Å². The fraction of sp³-hybridized carbons (Fsp3) is 0.333. The summed E-state index contributed by atoms with van der Waals surface area (Å²) in [5.41, 5.74) is 1.56. The maximum absolute atomic E-state index is 13.6. The molecule has 160 valence electrons. The lowest BCUT2D eigenvalue weighted by atomic mass is 10.0. The van der Waals surface area contributed by atoms with Crippen molar-refractivity contribution in [3.63, 3.8) is 0 Å². The van der Waals surface area contributed by atoms with E-state index >= 15 is 0 Å². The topological polar surface area (TPSA) is 82.4 Å². The number of likely N-dealkylation sites (tertiary alicyclic amines) is 1. The van der Waals surface area contributed by atoms with Gasteiger partial charge in [0.15, 0.2) is 11.5 Å². The molecule has 0 spiro atoms. The molecule has 31 heavy (non-hydrogen) atoms. The Labute approximate surface area is 182 Å². The van der Waals surface area contributed by atoms with E-state index in [1.165, 1.54) is 28.6 Å². The molecule has 2 aliphatic heterocycles. The van der Waals surface area contributed by atoms with Crippen LogP contribution in [0.1, 0.15) is 24.4 Å². The second kappa shape index (κ2) is 8.54. The molecule has 1 amide bonds. The predicted octanol–water partition coefficient (Wildman–Crippen LogP) is 3.03. The summed E-state index contributed by atoms with van der Waals surface area (Å²) in [5, 5.41) is 12.0. The van der Waals surface area contributed by atoms with Gasteiger partial charge in [0.1, 0.15) is 19.0 Å². The summed E-state index contributed by atoms with van der Waals surface area (Å²) >= 11 is 1.24. The van der Waals surface area contributed by atoms with Crippen LogP contribution in [0.3, 0.4) is 0 Å². The molecule has 8 nitrogen and oxygen atoms in total. The van der Waals surface area contributed by atoms with Crippen molar-refractivity contribution < 1.29 is 18.7 Å². The second-order valence-electron chi connectivity index (χ2n) is 7.29. The van der Waals surface area contributed by atoms with Gasteiger partial charge < -0.3 is 14.4 Å². The monoisotopic (exact) mass is 441 g/mol. The quantitative estimate of drug-likeness (QED) is 0.563. The highest BCUT2D eigenvalue weighted by atomic mass is 32.2. The highest BCUT2D eigenvalue weighted by Gasteiger charge is 2.31. The van der Waals surface area contributed by atoms with Crippen molar-refractivity contribution in [1.82, 2.24) is 25.1 Å². The van der Waals surface area contributed by atoms with Crippen LogP contribution < -0.4 is 9.47 Å². The Morgan fingerprint density at radius 2 is 2.03 bits per heavy atom. The number of carbonyl (C=O) groups excluding carboxylic acids is 1. The summed E-state index contributed by atoms with van der Waals surface area (Å²) in [6.07, 6.45) is 1.84. The Hall–Kier alpha value is -3.14. The Morgan fingerprint density at radius 1 is 1.16 bits per heavy atom. The van der Waals surface area contributed by atoms with Crippen LogP contribution in [-0.4, -0.2) is 56.5 Å². The number of benzene rings is 2. The van der Waals surface area contributed by atoms with Crippen molar-refractivity contribution >= 4 is 17.7 Å². The standard InChI is InChI=1S/C21H20FN5O3S/c22-15-3-1-4-16(12-15)27-21(23-24-25-27)31-13-20(28)26-8-2-5-17(26)14-6-7-18-19(11-14)30-10-9-29-18/h1,3-4,6-7,11-12,17H,2,5,8-10,13H2. The fourth-order valence-electron chi connectivity index (χ4n) is 3.93. The number of nitrogens with zero attached hydrogens (tertiary/aromatic N) is 5. The molecule has 0 aliphatic carbocycles. The van der Waals surface area contributed by atoms with Crippen LogP contribution in [0.5, 0.6) is 11.5 Å². The number of thioether (sulfide) groups is 1. The SMILES string of the molecule is O=C(CSc1nnnn1-c1cccc(F)c1)N1CCCC1c1ccc2c(c1)OCCO2. The molecule has 1 atom stereocenters. The third kappa shape index (κ3) is 4.07. The number of rotatable bonds is 5. The minimum Gasteiger partial charge on any atom is -0.486 e. The molecule has 1 fully saturated rings. The second-order valence-corrected chi connectivity index (χ2v) is 8.23. The molecule has 1 aromatic heterocycles. The van der Waals surface area contributed by atoms with Crippen LogP contribution in [0.15, 0.2) is 47.6 Å². The molecule has 1 unspecified atom stereocenters. The summed E-state index contributed by atoms with van der Waals surface area (Å²) in [7, 11) is 0. The number of hydrogen-bond donors (Lipinski definition) is 0. The normalized spacial score (nSPS) is 17.7. The number of tetrazole rings is 1. The molecule has 0 saturated carbocycles. The summed E-state index contributed by atoms with van der Waals surface area (Å²) in [5.74, 6) is 1.30. The molecule has 0 N–H and O–H groups in total. The Kier molecular flexibility index (Phi) is 5.46. The maximum Gasteiger partial charge on any atom is 0.233 e. The van der Waals surface area contributed by atoms with Crippen molar-refractivity contribution in [2.45, 2.75) is 24.0 Å².